The number of aryl methyl sites for hydroxylation is 2. The average Bonchev–Trinajstić information content (AvgIpc) is 3.18. The predicted octanol–water partition coefficient (Wildman–Crippen LogP) is 2.29. The van der Waals surface area contributed by atoms with E-state index in [-0.39, 0.29) is 17.7 Å². The first-order valence-electron chi connectivity index (χ1n) is 10.3. The zero-order valence-corrected chi connectivity index (χ0v) is 16.9. The van der Waals surface area contributed by atoms with Gasteiger partial charge in [0.1, 0.15) is 0 Å². The third-order valence-electron chi connectivity index (χ3n) is 5.17. The normalized spacial score (nSPS) is 17.2. The van der Waals surface area contributed by atoms with Crippen LogP contribution < -0.4 is 11.1 Å². The Balaban J connectivity index is 1.41. The third-order valence-corrected chi connectivity index (χ3v) is 5.17. The summed E-state index contributed by atoms with van der Waals surface area (Å²) in [6.07, 6.45) is 4.26. The predicted molar refractivity (Wildman–Crippen MR) is 109 cm³/mol. The van der Waals surface area contributed by atoms with Crippen molar-refractivity contribution in [1.82, 2.24) is 15.0 Å². The summed E-state index contributed by atoms with van der Waals surface area (Å²) in [5.74, 6) is 0.975. The molecule has 0 saturated carbocycles. The van der Waals surface area contributed by atoms with Gasteiger partial charge in [0.15, 0.2) is 5.82 Å². The Hall–Kier alpha value is -2.74. The van der Waals surface area contributed by atoms with E-state index in [1.54, 1.807) is 0 Å². The van der Waals surface area contributed by atoms with Crippen LogP contribution >= 0.6 is 0 Å². The number of carbonyl (C=O) groups excluding carboxylic acids is 2. The molecule has 3 rings (SSSR count). The zero-order chi connectivity index (χ0) is 20.6. The molecule has 0 radical (unpaired) electrons. The number of amides is 2. The number of nitrogens with two attached hydrogens (primary N) is 1. The van der Waals surface area contributed by atoms with Crippen LogP contribution in [0.25, 0.3) is 0 Å². The van der Waals surface area contributed by atoms with E-state index in [0.717, 1.165) is 43.6 Å². The first kappa shape index (κ1) is 21.0. The first-order chi connectivity index (χ1) is 14.0. The molecule has 29 heavy (non-hydrogen) atoms. The van der Waals surface area contributed by atoms with Crippen molar-refractivity contribution in [2.24, 2.45) is 11.7 Å². The number of benzene rings is 1. The van der Waals surface area contributed by atoms with Crippen molar-refractivity contribution >= 4 is 17.5 Å². The summed E-state index contributed by atoms with van der Waals surface area (Å²) in [6, 6.07) is 7.84. The van der Waals surface area contributed by atoms with Gasteiger partial charge in [0.05, 0.1) is 5.92 Å². The van der Waals surface area contributed by atoms with Gasteiger partial charge in [0, 0.05) is 38.0 Å². The molecule has 1 aromatic carbocycles. The number of hydrogen-bond donors (Lipinski definition) is 2. The van der Waals surface area contributed by atoms with Crippen molar-refractivity contribution in [2.45, 2.75) is 52.0 Å². The average molecular weight is 399 g/mol. The molecule has 156 valence electrons. The number of nitrogens with one attached hydrogen (secondary N) is 1. The van der Waals surface area contributed by atoms with Gasteiger partial charge in [-0.25, -0.2) is 0 Å². The van der Waals surface area contributed by atoms with Crippen LogP contribution in [-0.4, -0.2) is 39.9 Å². The highest BCUT2D eigenvalue weighted by atomic mass is 16.5. The first-order valence-corrected chi connectivity index (χ1v) is 10.3. The van der Waals surface area contributed by atoms with Gasteiger partial charge in [0.25, 0.3) is 0 Å². The van der Waals surface area contributed by atoms with Crippen LogP contribution in [0.5, 0.6) is 0 Å². The monoisotopic (exact) mass is 399 g/mol. The van der Waals surface area contributed by atoms with Gasteiger partial charge in [-0.3, -0.25) is 14.5 Å². The number of carbonyl (C=O) groups is 2. The highest BCUT2D eigenvalue weighted by Gasteiger charge is 2.23. The second-order valence-electron chi connectivity index (χ2n) is 7.53. The van der Waals surface area contributed by atoms with Gasteiger partial charge in [-0.1, -0.05) is 24.2 Å². The Bertz CT molecular complexity index is 818. The smallest absolute Gasteiger partial charge is 0.226 e. The molecular formula is C21H29N5O3. The number of piperidine rings is 1. The fourth-order valence-electron chi connectivity index (χ4n) is 3.54. The van der Waals surface area contributed by atoms with Crippen molar-refractivity contribution in [2.75, 3.05) is 18.4 Å². The second kappa shape index (κ2) is 10.2. The largest absolute Gasteiger partial charge is 0.369 e. The van der Waals surface area contributed by atoms with Gasteiger partial charge in [-0.15, -0.1) is 0 Å². The standard InChI is InChI=1S/C21H29N5O3/c1-2-18-24-20(29-25-18)7-3-6-19(27)23-17-10-8-15(9-11-17)13-26-12-4-5-16(14-26)21(22)28/h8-11,16H,2-7,12-14H2,1H3,(H2,22,28)(H,23,27). The third kappa shape index (κ3) is 6.39. The summed E-state index contributed by atoms with van der Waals surface area (Å²) in [7, 11) is 0. The van der Waals surface area contributed by atoms with Gasteiger partial charge in [0.2, 0.25) is 17.7 Å². The van der Waals surface area contributed by atoms with E-state index in [9.17, 15) is 9.59 Å². The lowest BCUT2D eigenvalue weighted by atomic mass is 9.97. The van der Waals surface area contributed by atoms with Crippen LogP contribution in [0.1, 0.15) is 49.9 Å². The minimum absolute atomic E-state index is 0.0340. The summed E-state index contributed by atoms with van der Waals surface area (Å²) in [5, 5.41) is 6.77. The highest BCUT2D eigenvalue weighted by molar-refractivity contribution is 5.90. The Labute approximate surface area is 170 Å². The van der Waals surface area contributed by atoms with E-state index < -0.39 is 0 Å². The number of nitrogens with zero attached hydrogens (tertiary/aromatic N) is 3. The maximum atomic E-state index is 12.1. The molecule has 3 N–H and O–H groups in total. The van der Waals surface area contributed by atoms with Crippen LogP contribution in [0.4, 0.5) is 5.69 Å². The lowest BCUT2D eigenvalue weighted by molar-refractivity contribution is -0.123. The van der Waals surface area contributed by atoms with E-state index >= 15 is 0 Å². The van der Waals surface area contributed by atoms with Crippen molar-refractivity contribution in [1.29, 1.82) is 0 Å². The molecule has 1 aliphatic heterocycles. The molecular weight excluding hydrogens is 370 g/mol. The molecule has 1 atom stereocenters. The van der Waals surface area contributed by atoms with E-state index in [1.165, 1.54) is 0 Å². The van der Waals surface area contributed by atoms with Gasteiger partial charge in [-0.05, 0) is 43.5 Å². The minimum atomic E-state index is -0.211. The number of primary amides is 1. The molecule has 2 heterocycles. The molecule has 2 amide bonds. The maximum Gasteiger partial charge on any atom is 0.226 e. The number of rotatable bonds is 9. The lowest BCUT2D eigenvalue weighted by Gasteiger charge is -2.31. The molecule has 2 aromatic rings. The Morgan fingerprint density at radius 2 is 2.10 bits per heavy atom. The Morgan fingerprint density at radius 3 is 2.79 bits per heavy atom. The van der Waals surface area contributed by atoms with Crippen LogP contribution in [0, 0.1) is 5.92 Å². The summed E-state index contributed by atoms with van der Waals surface area (Å²) in [4.78, 5) is 30.1. The van der Waals surface area contributed by atoms with E-state index in [1.807, 2.05) is 31.2 Å². The Kier molecular flexibility index (Phi) is 7.35. The number of anilines is 1. The lowest BCUT2D eigenvalue weighted by Crippen LogP contribution is -2.40. The van der Waals surface area contributed by atoms with Crippen molar-refractivity contribution in [3.63, 3.8) is 0 Å². The quantitative estimate of drug-likeness (QED) is 0.669. The molecule has 8 nitrogen and oxygen atoms in total. The number of aromatic nitrogens is 2. The molecule has 1 aromatic heterocycles. The highest BCUT2D eigenvalue weighted by Crippen LogP contribution is 2.19. The van der Waals surface area contributed by atoms with E-state index in [0.29, 0.717) is 37.5 Å². The topological polar surface area (TPSA) is 114 Å². The molecule has 1 fully saturated rings. The van der Waals surface area contributed by atoms with Gasteiger partial charge < -0.3 is 15.6 Å². The Morgan fingerprint density at radius 1 is 1.31 bits per heavy atom. The van der Waals surface area contributed by atoms with Crippen LogP contribution in [0.15, 0.2) is 28.8 Å². The van der Waals surface area contributed by atoms with Crippen LogP contribution in [0.3, 0.4) is 0 Å². The maximum absolute atomic E-state index is 12.1. The zero-order valence-electron chi connectivity index (χ0n) is 16.9. The minimum Gasteiger partial charge on any atom is -0.369 e. The van der Waals surface area contributed by atoms with Crippen LogP contribution in [-0.2, 0) is 29.0 Å². The van der Waals surface area contributed by atoms with Crippen molar-refractivity contribution < 1.29 is 14.1 Å². The van der Waals surface area contributed by atoms with Crippen molar-refractivity contribution in [3.05, 3.63) is 41.5 Å². The number of hydrogen-bond acceptors (Lipinski definition) is 6. The van der Waals surface area contributed by atoms with Crippen LogP contribution in [0.2, 0.25) is 0 Å². The molecule has 1 unspecified atom stereocenters. The SMILES string of the molecule is CCc1noc(CCCC(=O)Nc2ccc(CN3CCCC(C(N)=O)C3)cc2)n1. The van der Waals surface area contributed by atoms with Crippen molar-refractivity contribution in [3.8, 4) is 0 Å². The summed E-state index contributed by atoms with van der Waals surface area (Å²) in [6.45, 7) is 4.44. The van der Waals surface area contributed by atoms with Gasteiger partial charge in [-0.2, -0.15) is 4.98 Å². The summed E-state index contributed by atoms with van der Waals surface area (Å²) >= 11 is 0. The number of likely N-dealkylation sites (tertiary alicyclic amines) is 1. The summed E-state index contributed by atoms with van der Waals surface area (Å²) < 4.78 is 5.13. The molecule has 8 heteroatoms. The fourth-order valence-corrected chi connectivity index (χ4v) is 3.54. The van der Waals surface area contributed by atoms with E-state index in [2.05, 4.69) is 20.4 Å². The molecule has 0 spiro atoms. The fraction of sp³-hybridized carbons (Fsp3) is 0.524. The molecule has 0 bridgehead atoms. The second-order valence-corrected chi connectivity index (χ2v) is 7.53. The summed E-state index contributed by atoms with van der Waals surface area (Å²) in [5.41, 5.74) is 7.37. The molecule has 1 aliphatic rings. The van der Waals surface area contributed by atoms with Gasteiger partial charge >= 0.3 is 0 Å². The van der Waals surface area contributed by atoms with E-state index in [4.69, 9.17) is 10.3 Å². The molecule has 0 aliphatic carbocycles. The molecule has 1 saturated heterocycles.